The lowest BCUT2D eigenvalue weighted by molar-refractivity contribution is -0.162. The molecule has 0 radical (unpaired) electrons. The molecule has 1 N–H and O–H groups in total. The van der Waals surface area contributed by atoms with E-state index in [1.165, 1.54) is 35.7 Å². The molecule has 2 aromatic rings. The Morgan fingerprint density at radius 3 is 2.36 bits per heavy atom. The molecule has 3 atom stereocenters. The van der Waals surface area contributed by atoms with E-state index in [1.54, 1.807) is 47.9 Å². The number of halogens is 1. The maximum absolute atomic E-state index is 13.0. The van der Waals surface area contributed by atoms with Gasteiger partial charge in [0.1, 0.15) is 18.0 Å². The summed E-state index contributed by atoms with van der Waals surface area (Å²) in [5, 5.41) is 4.18. The minimum absolute atomic E-state index is 0.229. The van der Waals surface area contributed by atoms with Crippen LogP contribution >= 0.6 is 23.4 Å². The Kier molecular flexibility index (Phi) is 7.76. The van der Waals surface area contributed by atoms with Gasteiger partial charge in [-0.1, -0.05) is 41.9 Å². The quantitative estimate of drug-likeness (QED) is 0.315. The van der Waals surface area contributed by atoms with Gasteiger partial charge in [0.2, 0.25) is 5.91 Å². The second-order valence-corrected chi connectivity index (χ2v) is 9.43. The number of nitrogens with one attached hydrogen (secondary N) is 1. The van der Waals surface area contributed by atoms with Gasteiger partial charge in [0, 0.05) is 28.6 Å². The molecule has 2 unspecified atom stereocenters. The van der Waals surface area contributed by atoms with Gasteiger partial charge in [-0.2, -0.15) is 0 Å². The minimum atomic E-state index is -1.20. The number of hydrogen-bond acceptors (Lipinski definition) is 8. The van der Waals surface area contributed by atoms with E-state index >= 15 is 0 Å². The van der Waals surface area contributed by atoms with Gasteiger partial charge in [0.05, 0.1) is 0 Å². The summed E-state index contributed by atoms with van der Waals surface area (Å²) in [5.41, 5.74) is 1.04. The summed E-state index contributed by atoms with van der Waals surface area (Å²) in [6, 6.07) is 12.4. The molecule has 1 fully saturated rings. The smallest absolute Gasteiger partial charge is 0.333 e. The van der Waals surface area contributed by atoms with Crippen LogP contribution in [0, 0.1) is 0 Å². The van der Waals surface area contributed by atoms with Gasteiger partial charge in [0.25, 0.3) is 5.91 Å². The topological polar surface area (TPSA) is 119 Å². The molecule has 36 heavy (non-hydrogen) atoms. The highest BCUT2D eigenvalue weighted by molar-refractivity contribution is 8.03. The molecule has 2 heterocycles. The summed E-state index contributed by atoms with van der Waals surface area (Å²) in [4.78, 5) is 63.7. The van der Waals surface area contributed by atoms with Crippen molar-refractivity contribution >= 4 is 52.9 Å². The third kappa shape index (κ3) is 5.44. The average Bonchev–Trinajstić information content (AvgIpc) is 2.89. The zero-order chi connectivity index (χ0) is 25.8. The number of esters is 2. The number of ketones is 1. The van der Waals surface area contributed by atoms with Crippen molar-refractivity contribution in [2.45, 2.75) is 24.4 Å². The highest BCUT2D eigenvalue weighted by atomic mass is 35.5. The van der Waals surface area contributed by atoms with E-state index in [0.29, 0.717) is 21.7 Å². The molecule has 0 aromatic heterocycles. The third-order valence-electron chi connectivity index (χ3n) is 5.57. The number of nitrogens with zero attached hydrogens (tertiary/aromatic N) is 1. The number of fused-ring (bicyclic) bond motifs is 1. The highest BCUT2D eigenvalue weighted by Gasteiger charge is 2.56. The number of carbonyl (C=O) groups is 5. The van der Waals surface area contributed by atoms with Gasteiger partial charge >= 0.3 is 11.9 Å². The normalized spacial score (nSPS) is 20.4. The molecule has 0 saturated carbocycles. The lowest BCUT2D eigenvalue weighted by Crippen LogP contribution is -2.74. The SMILES string of the molecule is CC(=O)OCC1=CS[C@H]2C(NC(=O)c3ccc(Cl)cc3)C(=O)N2C1C(=O)OCC(=O)c1ccccc1. The Morgan fingerprint density at radius 2 is 1.69 bits per heavy atom. The molecule has 0 spiro atoms. The fourth-order valence-electron chi connectivity index (χ4n) is 3.75. The van der Waals surface area contributed by atoms with Crippen LogP contribution in [0.5, 0.6) is 0 Å². The van der Waals surface area contributed by atoms with Crippen LogP contribution in [0.1, 0.15) is 27.6 Å². The molecule has 0 bridgehead atoms. The molecular weight excluding hydrogens is 508 g/mol. The third-order valence-corrected chi connectivity index (χ3v) is 7.04. The molecule has 11 heteroatoms. The summed E-state index contributed by atoms with van der Waals surface area (Å²) >= 11 is 7.07. The predicted octanol–water partition coefficient (Wildman–Crippen LogP) is 2.60. The Hall–Kier alpha value is -3.63. The first kappa shape index (κ1) is 25.5. The summed E-state index contributed by atoms with van der Waals surface area (Å²) in [5.74, 6) is -2.76. The first-order chi connectivity index (χ1) is 17.3. The van der Waals surface area contributed by atoms with Crippen LogP contribution in [0.3, 0.4) is 0 Å². The van der Waals surface area contributed by atoms with E-state index in [4.69, 9.17) is 21.1 Å². The van der Waals surface area contributed by atoms with Crippen molar-refractivity contribution in [1.29, 1.82) is 0 Å². The second kappa shape index (κ2) is 11.0. The monoisotopic (exact) mass is 528 g/mol. The second-order valence-electron chi connectivity index (χ2n) is 8.00. The number of rotatable bonds is 8. The van der Waals surface area contributed by atoms with Crippen LogP contribution in [-0.2, 0) is 23.9 Å². The van der Waals surface area contributed by atoms with Crippen LogP contribution in [-0.4, -0.2) is 65.1 Å². The number of β-lactam (4-membered cyclic amide) rings is 1. The van der Waals surface area contributed by atoms with E-state index in [2.05, 4.69) is 5.32 Å². The minimum Gasteiger partial charge on any atom is -0.461 e. The fraction of sp³-hybridized carbons (Fsp3) is 0.240. The molecule has 1 saturated heterocycles. The van der Waals surface area contributed by atoms with Gasteiger partial charge in [-0.3, -0.25) is 19.2 Å². The zero-order valence-electron chi connectivity index (χ0n) is 19.0. The zero-order valence-corrected chi connectivity index (χ0v) is 20.6. The number of carbonyl (C=O) groups excluding carboxylic acids is 5. The van der Waals surface area contributed by atoms with Gasteiger partial charge in [-0.15, -0.1) is 11.8 Å². The maximum Gasteiger partial charge on any atom is 0.333 e. The molecule has 186 valence electrons. The van der Waals surface area contributed by atoms with Crippen LogP contribution in [0.25, 0.3) is 0 Å². The van der Waals surface area contributed by atoms with Crippen molar-refractivity contribution in [3.05, 3.63) is 81.7 Å². The van der Waals surface area contributed by atoms with Crippen LogP contribution in [0.4, 0.5) is 0 Å². The van der Waals surface area contributed by atoms with E-state index in [0.717, 1.165) is 0 Å². The molecule has 2 amide bonds. The summed E-state index contributed by atoms with van der Waals surface area (Å²) in [6.07, 6.45) is 0. The lowest BCUT2D eigenvalue weighted by atomic mass is 9.98. The van der Waals surface area contributed by atoms with E-state index in [1.807, 2.05) is 0 Å². The van der Waals surface area contributed by atoms with Crippen molar-refractivity contribution in [2.75, 3.05) is 13.2 Å². The summed E-state index contributed by atoms with van der Waals surface area (Å²) < 4.78 is 10.3. The van der Waals surface area contributed by atoms with Crippen molar-refractivity contribution < 1.29 is 33.4 Å². The average molecular weight is 529 g/mol. The molecular formula is C25H21ClN2O7S. The van der Waals surface area contributed by atoms with E-state index < -0.39 is 53.6 Å². The molecule has 0 aliphatic carbocycles. The van der Waals surface area contributed by atoms with Crippen LogP contribution in [0.15, 0.2) is 65.6 Å². The Morgan fingerprint density at radius 1 is 1.00 bits per heavy atom. The number of amides is 2. The van der Waals surface area contributed by atoms with Crippen molar-refractivity contribution in [3.63, 3.8) is 0 Å². The Balaban J connectivity index is 1.48. The largest absolute Gasteiger partial charge is 0.461 e. The molecule has 2 aliphatic rings. The van der Waals surface area contributed by atoms with Crippen LogP contribution in [0.2, 0.25) is 5.02 Å². The number of hydrogen-bond donors (Lipinski definition) is 1. The van der Waals surface area contributed by atoms with Crippen molar-refractivity contribution in [2.24, 2.45) is 0 Å². The van der Waals surface area contributed by atoms with Gasteiger partial charge in [-0.25, -0.2) is 4.79 Å². The van der Waals surface area contributed by atoms with Crippen LogP contribution < -0.4 is 5.32 Å². The van der Waals surface area contributed by atoms with Gasteiger partial charge in [0.15, 0.2) is 18.4 Å². The van der Waals surface area contributed by atoms with Gasteiger partial charge < -0.3 is 19.7 Å². The molecule has 2 aliphatic heterocycles. The Labute approximate surface area is 215 Å². The highest BCUT2D eigenvalue weighted by Crippen LogP contribution is 2.40. The van der Waals surface area contributed by atoms with E-state index in [-0.39, 0.29) is 6.61 Å². The van der Waals surface area contributed by atoms with E-state index in [9.17, 15) is 24.0 Å². The molecule has 4 rings (SSSR count). The standard InChI is InChI=1S/C25H21ClN2O7S/c1-14(29)34-11-17-13-36-24-20(27-22(31)16-7-9-18(26)10-8-16)23(32)28(24)21(17)25(33)35-12-19(30)15-5-3-2-4-6-15/h2-10,13,20-21,24H,11-12H2,1H3,(H,27,31)/t20?,21?,24-/m0/s1. The van der Waals surface area contributed by atoms with Crippen molar-refractivity contribution in [3.8, 4) is 0 Å². The maximum atomic E-state index is 13.0. The first-order valence-corrected chi connectivity index (χ1v) is 12.2. The predicted molar refractivity (Wildman–Crippen MR) is 131 cm³/mol. The number of ether oxygens (including phenoxy) is 2. The number of Topliss-reactive ketones (excluding diaryl/α,β-unsaturated/α-hetero) is 1. The molecule has 9 nitrogen and oxygen atoms in total. The molecule has 2 aromatic carbocycles. The Bertz CT molecular complexity index is 1230. The first-order valence-electron chi connectivity index (χ1n) is 10.9. The number of benzene rings is 2. The lowest BCUT2D eigenvalue weighted by Gasteiger charge is -2.51. The van der Waals surface area contributed by atoms with Gasteiger partial charge in [-0.05, 0) is 29.7 Å². The van der Waals surface area contributed by atoms with Crippen molar-refractivity contribution in [1.82, 2.24) is 10.2 Å². The summed E-state index contributed by atoms with van der Waals surface area (Å²) in [6.45, 7) is 0.478. The fourth-order valence-corrected chi connectivity index (χ4v) is 5.09. The number of thioether (sulfide) groups is 1. The summed E-state index contributed by atoms with van der Waals surface area (Å²) in [7, 11) is 0.